The van der Waals surface area contributed by atoms with Crippen molar-refractivity contribution in [3.8, 4) is 0 Å². The van der Waals surface area contributed by atoms with Crippen molar-refractivity contribution in [1.29, 1.82) is 0 Å². The molecule has 1 amide bonds. The molecule has 0 aliphatic heterocycles. The van der Waals surface area contributed by atoms with Crippen LogP contribution in [0.15, 0.2) is 52.9 Å². The maximum absolute atomic E-state index is 12.9. The van der Waals surface area contributed by atoms with Gasteiger partial charge in [-0.2, -0.15) is 11.8 Å². The fourth-order valence-electron chi connectivity index (χ4n) is 3.41. The largest absolute Gasteiger partial charge is 0.451 e. The van der Waals surface area contributed by atoms with Crippen LogP contribution >= 0.6 is 11.8 Å². The molecule has 5 heteroatoms. The molecule has 3 aromatic rings. The number of nitrogens with one attached hydrogen (secondary N) is 1. The highest BCUT2D eigenvalue weighted by Crippen LogP contribution is 2.29. The smallest absolute Gasteiger partial charge is 0.287 e. The maximum atomic E-state index is 12.9. The Morgan fingerprint density at radius 1 is 1.14 bits per heavy atom. The van der Waals surface area contributed by atoms with Crippen LogP contribution in [0.3, 0.4) is 0 Å². The molecule has 1 atom stereocenters. The van der Waals surface area contributed by atoms with E-state index in [9.17, 15) is 4.79 Å². The Hall–Kier alpha value is -2.24. The van der Waals surface area contributed by atoms with Crippen LogP contribution in [0, 0.1) is 0 Å². The Bertz CT molecular complexity index is 931. The monoisotopic (exact) mass is 396 g/mol. The van der Waals surface area contributed by atoms with Crippen molar-refractivity contribution in [3.05, 3.63) is 71.0 Å². The van der Waals surface area contributed by atoms with E-state index in [1.54, 1.807) is 11.8 Å². The summed E-state index contributed by atoms with van der Waals surface area (Å²) in [7, 11) is 4.07. The van der Waals surface area contributed by atoms with Crippen molar-refractivity contribution < 1.29 is 9.21 Å². The van der Waals surface area contributed by atoms with E-state index >= 15 is 0 Å². The third-order valence-corrected chi connectivity index (χ3v) is 5.62. The van der Waals surface area contributed by atoms with Gasteiger partial charge in [0.25, 0.3) is 5.91 Å². The number of nitrogens with zero attached hydrogens (tertiary/aromatic N) is 1. The zero-order chi connectivity index (χ0) is 20.1. The lowest BCUT2D eigenvalue weighted by atomic mass is 10.0. The van der Waals surface area contributed by atoms with Gasteiger partial charge in [-0.25, -0.2) is 0 Å². The van der Waals surface area contributed by atoms with Crippen LogP contribution in [0.5, 0.6) is 0 Å². The third-order valence-electron chi connectivity index (χ3n) is 5.05. The van der Waals surface area contributed by atoms with Crippen LogP contribution in [-0.2, 0) is 12.2 Å². The van der Waals surface area contributed by atoms with Gasteiger partial charge in [-0.05, 0) is 44.0 Å². The summed E-state index contributed by atoms with van der Waals surface area (Å²) >= 11 is 1.69. The summed E-state index contributed by atoms with van der Waals surface area (Å²) in [6, 6.07) is 16.5. The number of benzene rings is 2. The number of thioether (sulfide) groups is 1. The molecule has 0 bridgehead atoms. The summed E-state index contributed by atoms with van der Waals surface area (Å²) in [5, 5.41) is 4.10. The first-order valence-corrected chi connectivity index (χ1v) is 11.0. The number of amides is 1. The van der Waals surface area contributed by atoms with E-state index in [1.807, 2.05) is 44.6 Å². The fraction of sp³-hybridized carbons (Fsp3) is 0.348. The number of para-hydroxylation sites is 1. The van der Waals surface area contributed by atoms with E-state index in [1.165, 1.54) is 11.1 Å². The van der Waals surface area contributed by atoms with Crippen molar-refractivity contribution in [3.63, 3.8) is 0 Å². The van der Waals surface area contributed by atoms with Crippen molar-refractivity contribution >= 4 is 28.6 Å². The Morgan fingerprint density at radius 2 is 1.86 bits per heavy atom. The van der Waals surface area contributed by atoms with Gasteiger partial charge in [0.2, 0.25) is 0 Å². The number of furan rings is 1. The zero-order valence-electron chi connectivity index (χ0n) is 17.0. The van der Waals surface area contributed by atoms with Gasteiger partial charge < -0.3 is 14.6 Å². The highest BCUT2D eigenvalue weighted by atomic mass is 32.2. The highest BCUT2D eigenvalue weighted by Gasteiger charge is 2.22. The van der Waals surface area contributed by atoms with E-state index in [2.05, 4.69) is 41.4 Å². The summed E-state index contributed by atoms with van der Waals surface area (Å²) in [4.78, 5) is 15.1. The topological polar surface area (TPSA) is 45.5 Å². The molecule has 1 heterocycles. The lowest BCUT2D eigenvalue weighted by molar-refractivity contribution is 0.0915. The van der Waals surface area contributed by atoms with Gasteiger partial charge in [-0.15, -0.1) is 0 Å². The van der Waals surface area contributed by atoms with Gasteiger partial charge in [-0.1, -0.05) is 49.4 Å². The van der Waals surface area contributed by atoms with Crippen LogP contribution in [0.4, 0.5) is 0 Å². The minimum atomic E-state index is -0.155. The minimum Gasteiger partial charge on any atom is -0.451 e. The highest BCUT2D eigenvalue weighted by molar-refractivity contribution is 7.97. The molecule has 0 spiro atoms. The van der Waals surface area contributed by atoms with Gasteiger partial charge in [0.05, 0.1) is 6.04 Å². The summed E-state index contributed by atoms with van der Waals surface area (Å²) < 4.78 is 5.90. The number of hydrogen-bond donors (Lipinski definition) is 1. The Kier molecular flexibility index (Phi) is 6.81. The fourth-order valence-corrected chi connectivity index (χ4v) is 3.99. The molecule has 0 aliphatic carbocycles. The van der Waals surface area contributed by atoms with E-state index in [0.717, 1.165) is 28.7 Å². The van der Waals surface area contributed by atoms with Gasteiger partial charge >= 0.3 is 0 Å². The van der Waals surface area contributed by atoms with E-state index in [4.69, 9.17) is 4.42 Å². The molecule has 0 aliphatic rings. The Labute approximate surface area is 171 Å². The minimum absolute atomic E-state index is 0.100. The van der Waals surface area contributed by atoms with E-state index < -0.39 is 0 Å². The number of fused-ring (bicyclic) bond motifs is 1. The summed E-state index contributed by atoms with van der Waals surface area (Å²) in [6.07, 6.45) is 3.05. The number of rotatable bonds is 8. The van der Waals surface area contributed by atoms with Gasteiger partial charge in [0, 0.05) is 23.2 Å². The second-order valence-electron chi connectivity index (χ2n) is 7.12. The van der Waals surface area contributed by atoms with Crippen LogP contribution in [-0.4, -0.2) is 37.7 Å². The molecule has 2 aromatic carbocycles. The normalized spacial score (nSPS) is 12.5. The SMILES string of the molecule is CCc1ccc(C(CNC(=O)c2oc3ccccc3c2CSC)N(C)C)cc1. The molecule has 1 N–H and O–H groups in total. The van der Waals surface area contributed by atoms with Crippen LogP contribution in [0.1, 0.15) is 40.2 Å². The first kappa shape index (κ1) is 20.5. The molecule has 3 rings (SSSR count). The average Bonchev–Trinajstić information content (AvgIpc) is 3.07. The first-order chi connectivity index (χ1) is 13.5. The molecule has 1 aromatic heterocycles. The lowest BCUT2D eigenvalue weighted by Gasteiger charge is -2.25. The Morgan fingerprint density at radius 3 is 2.50 bits per heavy atom. The van der Waals surface area contributed by atoms with Gasteiger partial charge in [0.15, 0.2) is 5.76 Å². The lowest BCUT2D eigenvalue weighted by Crippen LogP contribution is -2.34. The van der Waals surface area contributed by atoms with E-state index in [-0.39, 0.29) is 11.9 Å². The average molecular weight is 397 g/mol. The van der Waals surface area contributed by atoms with Crippen molar-refractivity contribution in [1.82, 2.24) is 10.2 Å². The molecule has 148 valence electrons. The second kappa shape index (κ2) is 9.30. The predicted octanol–water partition coefficient (Wildman–Crippen LogP) is 4.89. The molecule has 0 saturated heterocycles. The maximum Gasteiger partial charge on any atom is 0.287 e. The van der Waals surface area contributed by atoms with Crippen LogP contribution in [0.25, 0.3) is 11.0 Å². The Balaban J connectivity index is 1.79. The number of likely N-dealkylation sites (N-methyl/N-ethyl adjacent to an activating group) is 1. The summed E-state index contributed by atoms with van der Waals surface area (Å²) in [6.45, 7) is 2.67. The van der Waals surface area contributed by atoms with Crippen molar-refractivity contribution in [2.24, 2.45) is 0 Å². The molecule has 1 unspecified atom stereocenters. The van der Waals surface area contributed by atoms with Crippen molar-refractivity contribution in [2.75, 3.05) is 26.9 Å². The zero-order valence-corrected chi connectivity index (χ0v) is 17.8. The molecule has 4 nitrogen and oxygen atoms in total. The molecule has 28 heavy (non-hydrogen) atoms. The molecule has 0 radical (unpaired) electrons. The molecule has 0 saturated carbocycles. The third kappa shape index (κ3) is 4.42. The summed E-state index contributed by atoms with van der Waals surface area (Å²) in [5.41, 5.74) is 4.23. The van der Waals surface area contributed by atoms with Crippen LogP contribution < -0.4 is 5.32 Å². The number of aryl methyl sites for hydroxylation is 1. The quantitative estimate of drug-likeness (QED) is 0.589. The van der Waals surface area contributed by atoms with Crippen LogP contribution in [0.2, 0.25) is 0 Å². The predicted molar refractivity (Wildman–Crippen MR) is 118 cm³/mol. The number of hydrogen-bond acceptors (Lipinski definition) is 4. The first-order valence-electron chi connectivity index (χ1n) is 9.58. The van der Waals surface area contributed by atoms with Gasteiger partial charge in [0.1, 0.15) is 5.58 Å². The number of carbonyl (C=O) groups is 1. The second-order valence-corrected chi connectivity index (χ2v) is 7.99. The molecule has 0 fully saturated rings. The standard InChI is InChI=1S/C23H28N2O2S/c1-5-16-10-12-17(13-11-16)20(25(2)3)14-24-23(26)22-19(15-28-4)18-8-6-7-9-21(18)27-22/h6-13,20H,5,14-15H2,1-4H3,(H,24,26). The molecular weight excluding hydrogens is 368 g/mol. The summed E-state index contributed by atoms with van der Waals surface area (Å²) in [5.74, 6) is 1.02. The number of carbonyl (C=O) groups excluding carboxylic acids is 1. The van der Waals surface area contributed by atoms with Gasteiger partial charge in [-0.3, -0.25) is 4.79 Å². The van der Waals surface area contributed by atoms with E-state index in [0.29, 0.717) is 12.3 Å². The van der Waals surface area contributed by atoms with Crippen molar-refractivity contribution in [2.45, 2.75) is 25.1 Å². The molecular formula is C23H28N2O2S.